The summed E-state index contributed by atoms with van der Waals surface area (Å²) in [4.78, 5) is 51.5. The van der Waals surface area contributed by atoms with E-state index in [0.29, 0.717) is 5.69 Å². The van der Waals surface area contributed by atoms with Crippen LogP contribution < -0.4 is 10.9 Å². The molecular weight excluding hydrogens is 388 g/mol. The molecule has 8 heteroatoms. The number of esters is 2. The Morgan fingerprint density at radius 1 is 0.833 bits per heavy atom. The number of anilines is 1. The van der Waals surface area contributed by atoms with E-state index >= 15 is 0 Å². The van der Waals surface area contributed by atoms with E-state index in [-0.39, 0.29) is 22.4 Å². The highest BCUT2D eigenvalue weighted by Crippen LogP contribution is 2.18. The summed E-state index contributed by atoms with van der Waals surface area (Å²) in [6.45, 7) is 0. The van der Waals surface area contributed by atoms with Gasteiger partial charge in [0.05, 0.1) is 25.3 Å². The molecule has 1 amide bonds. The molecule has 30 heavy (non-hydrogen) atoms. The molecule has 0 radical (unpaired) electrons. The number of aromatic amines is 1. The molecule has 0 atom stereocenters. The molecule has 152 valence electrons. The third kappa shape index (κ3) is 4.44. The molecule has 1 heterocycles. The number of hydrogen-bond donors (Lipinski definition) is 2. The molecule has 0 fully saturated rings. The number of nitrogens with one attached hydrogen (secondary N) is 2. The van der Waals surface area contributed by atoms with Crippen molar-refractivity contribution in [2.45, 2.75) is 0 Å². The quantitative estimate of drug-likeness (QED) is 0.630. The predicted molar refractivity (Wildman–Crippen MR) is 110 cm³/mol. The summed E-state index contributed by atoms with van der Waals surface area (Å²) in [7, 11) is 2.39. The standard InChI is InChI=1S/C22H18N2O6/c1-29-21(27)14-10-15(22(28)30-2)12-16(11-14)23-19(25)17-8-9-18(24-20(17)26)13-6-4-3-5-7-13/h3-12H,1-2H3,(H,23,25)(H,24,26). The third-order valence-electron chi connectivity index (χ3n) is 4.27. The summed E-state index contributed by atoms with van der Waals surface area (Å²) in [5, 5.41) is 2.52. The highest BCUT2D eigenvalue weighted by Gasteiger charge is 2.17. The Bertz CT molecular complexity index is 1130. The summed E-state index contributed by atoms with van der Waals surface area (Å²) in [6, 6.07) is 16.2. The van der Waals surface area contributed by atoms with E-state index < -0.39 is 23.4 Å². The third-order valence-corrected chi connectivity index (χ3v) is 4.27. The number of rotatable bonds is 5. The van der Waals surface area contributed by atoms with Crippen LogP contribution in [0.15, 0.2) is 65.5 Å². The van der Waals surface area contributed by atoms with Crippen LogP contribution in [0.25, 0.3) is 11.3 Å². The molecule has 0 aliphatic carbocycles. The van der Waals surface area contributed by atoms with Crippen LogP contribution in [0.4, 0.5) is 5.69 Å². The molecule has 0 aliphatic rings. The van der Waals surface area contributed by atoms with Crippen molar-refractivity contribution >= 4 is 23.5 Å². The number of H-pyrrole nitrogens is 1. The average molecular weight is 406 g/mol. The molecule has 2 N–H and O–H groups in total. The summed E-state index contributed by atoms with van der Waals surface area (Å²) < 4.78 is 9.33. The normalized spacial score (nSPS) is 10.2. The van der Waals surface area contributed by atoms with Crippen molar-refractivity contribution in [2.24, 2.45) is 0 Å². The van der Waals surface area contributed by atoms with Gasteiger partial charge < -0.3 is 19.8 Å². The zero-order valence-electron chi connectivity index (χ0n) is 16.2. The number of aromatic nitrogens is 1. The van der Waals surface area contributed by atoms with E-state index in [0.717, 1.165) is 5.56 Å². The van der Waals surface area contributed by atoms with Crippen LogP contribution in [0.2, 0.25) is 0 Å². The van der Waals surface area contributed by atoms with E-state index in [9.17, 15) is 19.2 Å². The van der Waals surface area contributed by atoms with Gasteiger partial charge in [0.1, 0.15) is 5.56 Å². The molecule has 0 saturated carbocycles. The zero-order chi connectivity index (χ0) is 21.7. The number of benzene rings is 2. The number of amides is 1. The molecule has 8 nitrogen and oxygen atoms in total. The topological polar surface area (TPSA) is 115 Å². The Kier molecular flexibility index (Phi) is 6.07. The van der Waals surface area contributed by atoms with Crippen LogP contribution in [-0.2, 0) is 9.47 Å². The van der Waals surface area contributed by atoms with Gasteiger partial charge in [-0.15, -0.1) is 0 Å². The van der Waals surface area contributed by atoms with Crippen molar-refractivity contribution in [3.05, 3.63) is 87.7 Å². The van der Waals surface area contributed by atoms with Crippen molar-refractivity contribution in [1.82, 2.24) is 4.98 Å². The Balaban J connectivity index is 1.91. The first-order chi connectivity index (χ1) is 14.4. The van der Waals surface area contributed by atoms with E-state index in [1.807, 2.05) is 30.3 Å². The van der Waals surface area contributed by atoms with E-state index in [1.165, 1.54) is 38.5 Å². The smallest absolute Gasteiger partial charge is 0.337 e. The second kappa shape index (κ2) is 8.87. The molecule has 3 rings (SSSR count). The van der Waals surface area contributed by atoms with Crippen LogP contribution in [0.5, 0.6) is 0 Å². The molecular formula is C22H18N2O6. The first kappa shape index (κ1) is 20.5. The lowest BCUT2D eigenvalue weighted by molar-refractivity contribution is 0.0599. The van der Waals surface area contributed by atoms with Gasteiger partial charge in [-0.05, 0) is 35.9 Å². The van der Waals surface area contributed by atoms with E-state index in [1.54, 1.807) is 6.07 Å². The van der Waals surface area contributed by atoms with Crippen molar-refractivity contribution in [1.29, 1.82) is 0 Å². The molecule has 1 aromatic heterocycles. The lowest BCUT2D eigenvalue weighted by Crippen LogP contribution is -2.23. The Morgan fingerprint density at radius 3 is 1.97 bits per heavy atom. The zero-order valence-corrected chi connectivity index (χ0v) is 16.2. The van der Waals surface area contributed by atoms with Crippen LogP contribution in [0.1, 0.15) is 31.1 Å². The number of hydrogen-bond acceptors (Lipinski definition) is 6. The maximum Gasteiger partial charge on any atom is 0.337 e. The Hall–Kier alpha value is -4.20. The van der Waals surface area contributed by atoms with Crippen LogP contribution in [0, 0.1) is 0 Å². The molecule has 0 unspecified atom stereocenters. The van der Waals surface area contributed by atoms with Gasteiger partial charge in [0.2, 0.25) is 0 Å². The first-order valence-electron chi connectivity index (χ1n) is 8.84. The van der Waals surface area contributed by atoms with Crippen molar-refractivity contribution in [3.63, 3.8) is 0 Å². The second-order valence-corrected chi connectivity index (χ2v) is 6.22. The highest BCUT2D eigenvalue weighted by molar-refractivity contribution is 6.06. The summed E-state index contributed by atoms with van der Waals surface area (Å²) in [5.74, 6) is -2.09. The first-order valence-corrected chi connectivity index (χ1v) is 8.84. The highest BCUT2D eigenvalue weighted by atomic mass is 16.5. The number of carbonyl (C=O) groups is 3. The van der Waals surface area contributed by atoms with Crippen molar-refractivity contribution in [2.75, 3.05) is 19.5 Å². The van der Waals surface area contributed by atoms with E-state index in [4.69, 9.17) is 0 Å². The van der Waals surface area contributed by atoms with E-state index in [2.05, 4.69) is 19.8 Å². The number of pyridine rings is 1. The Morgan fingerprint density at radius 2 is 1.43 bits per heavy atom. The van der Waals surface area contributed by atoms with Gasteiger partial charge in [0, 0.05) is 11.4 Å². The summed E-state index contributed by atoms with van der Waals surface area (Å²) in [6.07, 6.45) is 0. The lowest BCUT2D eigenvalue weighted by atomic mass is 10.1. The molecule has 0 bridgehead atoms. The van der Waals surface area contributed by atoms with Gasteiger partial charge in [0.25, 0.3) is 11.5 Å². The molecule has 0 saturated heterocycles. The van der Waals surface area contributed by atoms with Gasteiger partial charge in [-0.2, -0.15) is 0 Å². The van der Waals surface area contributed by atoms with Crippen LogP contribution >= 0.6 is 0 Å². The minimum atomic E-state index is -0.700. The molecule has 0 aliphatic heterocycles. The Labute approximate surface area is 171 Å². The fraction of sp³-hybridized carbons (Fsp3) is 0.0909. The van der Waals surface area contributed by atoms with Gasteiger partial charge in [-0.3, -0.25) is 9.59 Å². The predicted octanol–water partition coefficient (Wildman–Crippen LogP) is 2.87. The maximum atomic E-state index is 12.6. The second-order valence-electron chi connectivity index (χ2n) is 6.22. The SMILES string of the molecule is COC(=O)c1cc(NC(=O)c2ccc(-c3ccccc3)[nH]c2=O)cc(C(=O)OC)c1. The maximum absolute atomic E-state index is 12.6. The fourth-order valence-corrected chi connectivity index (χ4v) is 2.81. The van der Waals surface area contributed by atoms with Gasteiger partial charge in [-0.1, -0.05) is 30.3 Å². The minimum absolute atomic E-state index is 0.0454. The monoisotopic (exact) mass is 406 g/mol. The van der Waals surface area contributed by atoms with Crippen molar-refractivity contribution < 1.29 is 23.9 Å². The number of methoxy groups -OCH3 is 2. The number of carbonyl (C=O) groups excluding carboxylic acids is 3. The number of ether oxygens (including phenoxy) is 2. The van der Waals surface area contributed by atoms with Gasteiger partial charge >= 0.3 is 11.9 Å². The summed E-state index contributed by atoms with van der Waals surface area (Å²) in [5.41, 5.74) is 0.889. The largest absolute Gasteiger partial charge is 0.465 e. The van der Waals surface area contributed by atoms with Crippen LogP contribution in [0.3, 0.4) is 0 Å². The van der Waals surface area contributed by atoms with Gasteiger partial charge in [-0.25, -0.2) is 9.59 Å². The average Bonchev–Trinajstić information content (AvgIpc) is 2.78. The molecule has 0 spiro atoms. The molecule has 2 aromatic carbocycles. The van der Waals surface area contributed by atoms with Crippen molar-refractivity contribution in [3.8, 4) is 11.3 Å². The van der Waals surface area contributed by atoms with Crippen LogP contribution in [-0.4, -0.2) is 37.0 Å². The summed E-state index contributed by atoms with van der Waals surface area (Å²) >= 11 is 0. The lowest BCUT2D eigenvalue weighted by Gasteiger charge is -2.10. The minimum Gasteiger partial charge on any atom is -0.465 e. The van der Waals surface area contributed by atoms with Gasteiger partial charge in [0.15, 0.2) is 0 Å². The molecule has 3 aromatic rings. The fourth-order valence-electron chi connectivity index (χ4n) is 2.81.